The van der Waals surface area contributed by atoms with Crippen LogP contribution in [0.5, 0.6) is 0 Å². The lowest BCUT2D eigenvalue weighted by molar-refractivity contribution is -0.139. The zero-order chi connectivity index (χ0) is 13.4. The van der Waals surface area contributed by atoms with E-state index in [1.54, 1.807) is 6.07 Å². The van der Waals surface area contributed by atoms with Gasteiger partial charge in [-0.2, -0.15) is 11.8 Å². The van der Waals surface area contributed by atoms with Crippen LogP contribution >= 0.6 is 11.8 Å². The fraction of sp³-hybridized carbons (Fsp3) is 0.455. The zero-order valence-electron chi connectivity index (χ0n) is 10.0. The summed E-state index contributed by atoms with van der Waals surface area (Å²) in [6, 6.07) is 0.370. The van der Waals surface area contributed by atoms with Gasteiger partial charge in [-0.05, 0) is 24.5 Å². The maximum atomic E-state index is 11.5. The summed E-state index contributed by atoms with van der Waals surface area (Å²) in [7, 11) is 0. The molecule has 1 aromatic rings. The van der Waals surface area contributed by atoms with Gasteiger partial charge in [0.2, 0.25) is 0 Å². The van der Waals surface area contributed by atoms with Gasteiger partial charge in [-0.15, -0.1) is 0 Å². The van der Waals surface area contributed by atoms with Gasteiger partial charge < -0.3 is 20.2 Å². The van der Waals surface area contributed by atoms with Crippen molar-refractivity contribution < 1.29 is 19.1 Å². The lowest BCUT2D eigenvalue weighted by atomic mass is 10.2. The third-order valence-electron chi connectivity index (χ3n) is 2.25. The van der Waals surface area contributed by atoms with Gasteiger partial charge in [-0.3, -0.25) is 0 Å². The maximum absolute atomic E-state index is 11.5. The molecule has 0 aromatic carbocycles. The molecule has 0 saturated carbocycles. The Bertz CT molecular complexity index is 380. The van der Waals surface area contributed by atoms with Crippen molar-refractivity contribution in [2.24, 2.45) is 0 Å². The summed E-state index contributed by atoms with van der Waals surface area (Å²) >= 11 is 1.54. The number of furan rings is 1. The van der Waals surface area contributed by atoms with Crippen molar-refractivity contribution in [3.63, 3.8) is 0 Å². The van der Waals surface area contributed by atoms with E-state index in [2.05, 4.69) is 10.6 Å². The van der Waals surface area contributed by atoms with Crippen molar-refractivity contribution in [3.8, 4) is 0 Å². The molecule has 6 nitrogen and oxygen atoms in total. The summed E-state index contributed by atoms with van der Waals surface area (Å²) in [5, 5.41) is 13.9. The molecule has 0 aliphatic carbocycles. The van der Waals surface area contributed by atoms with E-state index in [4.69, 9.17) is 9.52 Å². The molecule has 0 aliphatic heterocycles. The van der Waals surface area contributed by atoms with Crippen LogP contribution in [-0.2, 0) is 11.3 Å². The van der Waals surface area contributed by atoms with Gasteiger partial charge >= 0.3 is 12.0 Å². The number of urea groups is 1. The number of thioether (sulfide) groups is 1. The number of carbonyl (C=O) groups excluding carboxylic acids is 1. The average molecular weight is 272 g/mol. The molecule has 2 amide bonds. The van der Waals surface area contributed by atoms with Crippen LogP contribution in [0.1, 0.15) is 12.0 Å². The van der Waals surface area contributed by atoms with Gasteiger partial charge in [0.15, 0.2) is 0 Å². The molecule has 100 valence electrons. The van der Waals surface area contributed by atoms with Crippen LogP contribution in [0.15, 0.2) is 23.0 Å². The smallest absolute Gasteiger partial charge is 0.326 e. The van der Waals surface area contributed by atoms with Crippen molar-refractivity contribution in [1.29, 1.82) is 0 Å². The van der Waals surface area contributed by atoms with E-state index in [1.807, 2.05) is 6.26 Å². The predicted molar refractivity (Wildman–Crippen MR) is 68.5 cm³/mol. The van der Waals surface area contributed by atoms with E-state index < -0.39 is 18.0 Å². The zero-order valence-corrected chi connectivity index (χ0v) is 10.8. The normalized spacial score (nSPS) is 11.8. The van der Waals surface area contributed by atoms with Crippen LogP contribution in [0.2, 0.25) is 0 Å². The van der Waals surface area contributed by atoms with E-state index in [1.165, 1.54) is 24.3 Å². The van der Waals surface area contributed by atoms with Crippen LogP contribution in [0.3, 0.4) is 0 Å². The highest BCUT2D eigenvalue weighted by Crippen LogP contribution is 2.01. The summed E-state index contributed by atoms with van der Waals surface area (Å²) in [4.78, 5) is 22.4. The number of carbonyl (C=O) groups is 2. The van der Waals surface area contributed by atoms with Crippen molar-refractivity contribution in [3.05, 3.63) is 24.2 Å². The van der Waals surface area contributed by atoms with E-state index >= 15 is 0 Å². The van der Waals surface area contributed by atoms with Crippen molar-refractivity contribution >= 4 is 23.8 Å². The number of amides is 2. The first-order valence-electron chi connectivity index (χ1n) is 5.40. The SMILES string of the molecule is CSCC[C@@H](NC(=O)NCc1ccoc1)C(=O)O. The Labute approximate surface area is 109 Å². The van der Waals surface area contributed by atoms with Gasteiger partial charge in [-0.25, -0.2) is 9.59 Å². The number of carboxylic acid groups (broad SMARTS) is 1. The lowest BCUT2D eigenvalue weighted by Gasteiger charge is -2.14. The second-order valence-electron chi connectivity index (χ2n) is 3.63. The molecule has 0 saturated heterocycles. The Morgan fingerprint density at radius 2 is 2.33 bits per heavy atom. The molecule has 0 spiro atoms. The number of hydrogen-bond donors (Lipinski definition) is 3. The minimum atomic E-state index is -1.03. The van der Waals surface area contributed by atoms with Gasteiger partial charge in [0.25, 0.3) is 0 Å². The molecule has 1 rings (SSSR count). The first-order valence-corrected chi connectivity index (χ1v) is 6.80. The molecule has 1 heterocycles. The molecule has 0 bridgehead atoms. The molecular weight excluding hydrogens is 256 g/mol. The fourth-order valence-corrected chi connectivity index (χ4v) is 1.75. The molecule has 0 aliphatic rings. The standard InChI is InChI=1S/C11H16N2O4S/c1-18-5-3-9(10(14)15)13-11(16)12-6-8-2-4-17-7-8/h2,4,7,9H,3,5-6H2,1H3,(H,14,15)(H2,12,13,16)/t9-/m1/s1. The highest BCUT2D eigenvalue weighted by atomic mass is 32.2. The number of rotatable bonds is 7. The van der Waals surface area contributed by atoms with Gasteiger partial charge in [-0.1, -0.05) is 0 Å². The molecule has 1 atom stereocenters. The summed E-state index contributed by atoms with van der Waals surface area (Å²) in [6.45, 7) is 0.303. The molecule has 1 aromatic heterocycles. The minimum absolute atomic E-state index is 0.303. The van der Waals surface area contributed by atoms with Crippen LogP contribution in [0.4, 0.5) is 4.79 Å². The summed E-state index contributed by atoms with van der Waals surface area (Å²) < 4.78 is 4.85. The number of hydrogen-bond acceptors (Lipinski definition) is 4. The lowest BCUT2D eigenvalue weighted by Crippen LogP contribution is -2.46. The molecule has 3 N–H and O–H groups in total. The topological polar surface area (TPSA) is 91.6 Å². The molecule has 0 fully saturated rings. The second kappa shape index (κ2) is 7.65. The van der Waals surface area contributed by atoms with E-state index in [-0.39, 0.29) is 0 Å². The first kappa shape index (κ1) is 14.4. The number of aliphatic carboxylic acids is 1. The highest BCUT2D eigenvalue weighted by molar-refractivity contribution is 7.98. The van der Waals surface area contributed by atoms with Gasteiger partial charge in [0.1, 0.15) is 6.04 Å². The molecule has 18 heavy (non-hydrogen) atoms. The van der Waals surface area contributed by atoms with E-state index in [9.17, 15) is 9.59 Å². The molecular formula is C11H16N2O4S. The van der Waals surface area contributed by atoms with E-state index in [0.717, 1.165) is 5.56 Å². The predicted octanol–water partition coefficient (Wildman–Crippen LogP) is 1.29. The monoisotopic (exact) mass is 272 g/mol. The number of carboxylic acids is 1. The van der Waals surface area contributed by atoms with Crippen molar-refractivity contribution in [2.45, 2.75) is 19.0 Å². The van der Waals surface area contributed by atoms with Crippen LogP contribution < -0.4 is 10.6 Å². The third-order valence-corrected chi connectivity index (χ3v) is 2.89. The largest absolute Gasteiger partial charge is 0.480 e. The fourth-order valence-electron chi connectivity index (χ4n) is 1.28. The van der Waals surface area contributed by atoms with Crippen LogP contribution in [-0.4, -0.2) is 35.2 Å². The van der Waals surface area contributed by atoms with Crippen molar-refractivity contribution in [2.75, 3.05) is 12.0 Å². The molecule has 0 unspecified atom stereocenters. The quantitative estimate of drug-likeness (QED) is 0.695. The summed E-state index contributed by atoms with van der Waals surface area (Å²) in [5.41, 5.74) is 0.820. The Morgan fingerprint density at radius 1 is 1.56 bits per heavy atom. The summed E-state index contributed by atoms with van der Waals surface area (Å²) in [6.07, 6.45) is 5.31. The Balaban J connectivity index is 2.34. The maximum Gasteiger partial charge on any atom is 0.326 e. The highest BCUT2D eigenvalue weighted by Gasteiger charge is 2.18. The number of nitrogens with one attached hydrogen (secondary N) is 2. The molecule has 7 heteroatoms. The third kappa shape index (κ3) is 5.13. The first-order chi connectivity index (χ1) is 8.63. The minimum Gasteiger partial charge on any atom is -0.480 e. The Morgan fingerprint density at radius 3 is 2.89 bits per heavy atom. The van der Waals surface area contributed by atoms with Crippen LogP contribution in [0.25, 0.3) is 0 Å². The molecule has 0 radical (unpaired) electrons. The van der Waals surface area contributed by atoms with Gasteiger partial charge in [0.05, 0.1) is 12.5 Å². The Kier molecular flexibility index (Phi) is 6.13. The Hall–Kier alpha value is -1.63. The second-order valence-corrected chi connectivity index (χ2v) is 4.62. The van der Waals surface area contributed by atoms with E-state index in [0.29, 0.717) is 18.7 Å². The van der Waals surface area contributed by atoms with Crippen molar-refractivity contribution in [1.82, 2.24) is 10.6 Å². The summed E-state index contributed by atoms with van der Waals surface area (Å²) in [5.74, 6) is -0.346. The average Bonchev–Trinajstić information content (AvgIpc) is 2.84. The van der Waals surface area contributed by atoms with Gasteiger partial charge in [0, 0.05) is 12.1 Å². The van der Waals surface area contributed by atoms with Crippen LogP contribution in [0, 0.1) is 0 Å².